The summed E-state index contributed by atoms with van der Waals surface area (Å²) >= 11 is 0. The largest absolute Gasteiger partial charge is 0.359 e. The lowest BCUT2D eigenvalue weighted by atomic mass is 9.83. The molecule has 1 N–H and O–H groups in total. The maximum Gasteiger partial charge on any atom is 0.207 e. The average molecular weight is 171 g/mol. The lowest BCUT2D eigenvalue weighted by Gasteiger charge is -2.21. The SMILES string of the molecule is CCC(=O)C(C)(C)CCNC=O. The highest BCUT2D eigenvalue weighted by molar-refractivity contribution is 5.83. The number of hydrogen-bond donors (Lipinski definition) is 1. The van der Waals surface area contributed by atoms with Gasteiger partial charge in [0.1, 0.15) is 5.78 Å². The summed E-state index contributed by atoms with van der Waals surface area (Å²) in [5.41, 5.74) is -0.301. The van der Waals surface area contributed by atoms with E-state index in [0.717, 1.165) is 0 Å². The molecule has 1 amide bonds. The van der Waals surface area contributed by atoms with E-state index in [4.69, 9.17) is 0 Å². The summed E-state index contributed by atoms with van der Waals surface area (Å²) in [6.07, 6.45) is 1.93. The van der Waals surface area contributed by atoms with Gasteiger partial charge < -0.3 is 5.32 Å². The molecular weight excluding hydrogens is 154 g/mol. The Morgan fingerprint density at radius 1 is 1.50 bits per heavy atom. The maximum absolute atomic E-state index is 11.3. The predicted octanol–water partition coefficient (Wildman–Crippen LogP) is 1.13. The Labute approximate surface area is 73.5 Å². The van der Waals surface area contributed by atoms with E-state index in [1.807, 2.05) is 20.8 Å². The summed E-state index contributed by atoms with van der Waals surface area (Å²) < 4.78 is 0. The van der Waals surface area contributed by atoms with Crippen molar-refractivity contribution < 1.29 is 9.59 Å². The molecule has 0 saturated carbocycles. The van der Waals surface area contributed by atoms with Gasteiger partial charge in [0.15, 0.2) is 0 Å². The van der Waals surface area contributed by atoms with Crippen LogP contribution in [0.5, 0.6) is 0 Å². The monoisotopic (exact) mass is 171 g/mol. The predicted molar refractivity (Wildman–Crippen MR) is 47.8 cm³/mol. The highest BCUT2D eigenvalue weighted by Gasteiger charge is 2.24. The van der Waals surface area contributed by atoms with Crippen molar-refractivity contribution in [3.63, 3.8) is 0 Å². The molecule has 0 unspecified atom stereocenters. The minimum atomic E-state index is -0.301. The van der Waals surface area contributed by atoms with Crippen molar-refractivity contribution in [1.29, 1.82) is 0 Å². The molecule has 0 bridgehead atoms. The summed E-state index contributed by atoms with van der Waals surface area (Å²) in [5.74, 6) is 0.246. The molecule has 0 aromatic heterocycles. The van der Waals surface area contributed by atoms with E-state index in [9.17, 15) is 9.59 Å². The Morgan fingerprint density at radius 3 is 2.50 bits per heavy atom. The van der Waals surface area contributed by atoms with Crippen LogP contribution in [0.4, 0.5) is 0 Å². The van der Waals surface area contributed by atoms with Crippen molar-refractivity contribution in [3.05, 3.63) is 0 Å². The molecule has 0 aromatic carbocycles. The fraction of sp³-hybridized carbons (Fsp3) is 0.778. The number of ketones is 1. The molecule has 3 heteroatoms. The first-order chi connectivity index (χ1) is 5.54. The molecule has 0 saturated heterocycles. The number of carbonyl (C=O) groups excluding carboxylic acids is 2. The zero-order valence-corrected chi connectivity index (χ0v) is 8.02. The van der Waals surface area contributed by atoms with Crippen molar-refractivity contribution in [3.8, 4) is 0 Å². The molecule has 0 heterocycles. The molecule has 0 radical (unpaired) electrons. The molecule has 0 aliphatic heterocycles. The lowest BCUT2D eigenvalue weighted by Crippen LogP contribution is -2.28. The molecule has 0 rings (SSSR count). The van der Waals surface area contributed by atoms with Crippen LogP contribution < -0.4 is 5.32 Å². The first-order valence-corrected chi connectivity index (χ1v) is 4.25. The standard InChI is InChI=1S/C9H17NO2/c1-4-8(12)9(2,3)5-6-10-7-11/h7H,4-6H2,1-3H3,(H,10,11). The fourth-order valence-corrected chi connectivity index (χ4v) is 1.06. The molecule has 70 valence electrons. The van der Waals surface area contributed by atoms with Gasteiger partial charge in [-0.1, -0.05) is 20.8 Å². The van der Waals surface area contributed by atoms with Crippen molar-refractivity contribution in [2.75, 3.05) is 6.54 Å². The third-order valence-corrected chi connectivity index (χ3v) is 2.05. The van der Waals surface area contributed by atoms with Crippen LogP contribution in [0.1, 0.15) is 33.6 Å². The number of nitrogens with one attached hydrogen (secondary N) is 1. The molecule has 0 atom stereocenters. The molecule has 3 nitrogen and oxygen atoms in total. The lowest BCUT2D eigenvalue weighted by molar-refractivity contribution is -0.127. The zero-order chi connectivity index (χ0) is 9.61. The van der Waals surface area contributed by atoms with Crippen molar-refractivity contribution >= 4 is 12.2 Å². The van der Waals surface area contributed by atoms with E-state index in [-0.39, 0.29) is 11.2 Å². The quantitative estimate of drug-likeness (QED) is 0.481. The van der Waals surface area contributed by atoms with Gasteiger partial charge >= 0.3 is 0 Å². The number of carbonyl (C=O) groups is 2. The molecule has 0 spiro atoms. The zero-order valence-electron chi connectivity index (χ0n) is 8.02. The number of rotatable bonds is 6. The highest BCUT2D eigenvalue weighted by atomic mass is 16.1. The van der Waals surface area contributed by atoms with Gasteiger partial charge in [-0.05, 0) is 6.42 Å². The van der Waals surface area contributed by atoms with Gasteiger partial charge in [-0.2, -0.15) is 0 Å². The van der Waals surface area contributed by atoms with E-state index in [1.54, 1.807) is 0 Å². The van der Waals surface area contributed by atoms with Crippen LogP contribution in [0.25, 0.3) is 0 Å². The molecular formula is C9H17NO2. The van der Waals surface area contributed by atoms with Crippen LogP contribution in [0.3, 0.4) is 0 Å². The summed E-state index contributed by atoms with van der Waals surface area (Å²) in [6, 6.07) is 0. The smallest absolute Gasteiger partial charge is 0.207 e. The Bertz CT molecular complexity index is 164. The van der Waals surface area contributed by atoms with Gasteiger partial charge in [-0.15, -0.1) is 0 Å². The second kappa shape index (κ2) is 4.91. The number of Topliss-reactive ketones (excluding diaryl/α,β-unsaturated/α-hetero) is 1. The Morgan fingerprint density at radius 2 is 2.08 bits per heavy atom. The normalized spacial score (nSPS) is 10.9. The molecule has 0 aromatic rings. The maximum atomic E-state index is 11.3. The summed E-state index contributed by atoms with van der Waals surface area (Å²) in [7, 11) is 0. The van der Waals surface area contributed by atoms with Crippen molar-refractivity contribution in [2.45, 2.75) is 33.6 Å². The topological polar surface area (TPSA) is 46.2 Å². The Kier molecular flexibility index (Phi) is 4.55. The van der Waals surface area contributed by atoms with Crippen molar-refractivity contribution in [2.24, 2.45) is 5.41 Å². The van der Waals surface area contributed by atoms with Crippen LogP contribution in [0, 0.1) is 5.41 Å². The van der Waals surface area contributed by atoms with Gasteiger partial charge in [-0.3, -0.25) is 9.59 Å². The minimum absolute atomic E-state index is 0.246. The average Bonchev–Trinajstić information content (AvgIpc) is 2.03. The van der Waals surface area contributed by atoms with E-state index < -0.39 is 0 Å². The molecule has 0 aliphatic rings. The molecule has 12 heavy (non-hydrogen) atoms. The molecule has 0 fully saturated rings. The summed E-state index contributed by atoms with van der Waals surface area (Å²) in [4.78, 5) is 21.2. The van der Waals surface area contributed by atoms with Gasteiger partial charge in [0.25, 0.3) is 0 Å². The first kappa shape index (κ1) is 11.1. The van der Waals surface area contributed by atoms with E-state index >= 15 is 0 Å². The van der Waals surface area contributed by atoms with Crippen LogP contribution in [-0.4, -0.2) is 18.7 Å². The first-order valence-electron chi connectivity index (χ1n) is 4.25. The van der Waals surface area contributed by atoms with Crippen molar-refractivity contribution in [1.82, 2.24) is 5.32 Å². The Balaban J connectivity index is 3.86. The fourth-order valence-electron chi connectivity index (χ4n) is 1.06. The van der Waals surface area contributed by atoms with Crippen LogP contribution >= 0.6 is 0 Å². The van der Waals surface area contributed by atoms with Crippen LogP contribution in [0.15, 0.2) is 0 Å². The van der Waals surface area contributed by atoms with E-state index in [2.05, 4.69) is 5.32 Å². The number of amides is 1. The second-order valence-electron chi connectivity index (χ2n) is 3.48. The minimum Gasteiger partial charge on any atom is -0.359 e. The van der Waals surface area contributed by atoms with Gasteiger partial charge in [0.05, 0.1) is 0 Å². The van der Waals surface area contributed by atoms with Crippen LogP contribution in [-0.2, 0) is 9.59 Å². The highest BCUT2D eigenvalue weighted by Crippen LogP contribution is 2.22. The third-order valence-electron chi connectivity index (χ3n) is 2.05. The van der Waals surface area contributed by atoms with E-state index in [1.165, 1.54) is 0 Å². The number of hydrogen-bond acceptors (Lipinski definition) is 2. The third kappa shape index (κ3) is 3.51. The van der Waals surface area contributed by atoms with Gasteiger partial charge in [0.2, 0.25) is 6.41 Å². The van der Waals surface area contributed by atoms with Crippen LogP contribution in [0.2, 0.25) is 0 Å². The molecule has 0 aliphatic carbocycles. The second-order valence-corrected chi connectivity index (χ2v) is 3.48. The summed E-state index contributed by atoms with van der Waals surface area (Å²) in [6.45, 7) is 6.25. The van der Waals surface area contributed by atoms with E-state index in [0.29, 0.717) is 25.8 Å². The Hall–Kier alpha value is -0.860. The van der Waals surface area contributed by atoms with Gasteiger partial charge in [0, 0.05) is 18.4 Å². The summed E-state index contributed by atoms with van der Waals surface area (Å²) in [5, 5.41) is 2.55. The van der Waals surface area contributed by atoms with Gasteiger partial charge in [-0.25, -0.2) is 0 Å².